The first-order valence-electron chi connectivity index (χ1n) is 10.6. The van der Waals surface area contributed by atoms with Crippen molar-refractivity contribution in [3.63, 3.8) is 0 Å². The smallest absolute Gasteiger partial charge is 0.406 e. The summed E-state index contributed by atoms with van der Waals surface area (Å²) in [6.07, 6.45) is 2.05. The number of piperidine rings is 1. The van der Waals surface area contributed by atoms with E-state index in [1.54, 1.807) is 24.5 Å². The summed E-state index contributed by atoms with van der Waals surface area (Å²) < 4.78 is 41.7. The molecule has 2 aliphatic rings. The fourth-order valence-electron chi connectivity index (χ4n) is 4.29. The molecule has 11 heteroatoms. The standard InChI is InChI=1S/C22H22F3N7O/c23-22(24,25)33-16-3-7-28-17(10-16)29-18-11-19(31-20(30-18)15-2-1-6-27-12-15)32-13-21(14-32)4-8-26-9-5-21/h1-3,6-7,10-12,26H,4-5,8-9,13-14H2,(H,28,29,30,31). The van der Waals surface area contributed by atoms with Crippen LogP contribution in [-0.4, -0.2) is 52.5 Å². The predicted molar refractivity (Wildman–Crippen MR) is 116 cm³/mol. The van der Waals surface area contributed by atoms with Gasteiger partial charge in [0.25, 0.3) is 0 Å². The Morgan fingerprint density at radius 1 is 1.03 bits per heavy atom. The van der Waals surface area contributed by atoms with Crippen LogP contribution in [0.4, 0.5) is 30.6 Å². The van der Waals surface area contributed by atoms with Crippen LogP contribution in [0.1, 0.15) is 12.8 Å². The number of alkyl halides is 3. The van der Waals surface area contributed by atoms with Crippen LogP contribution in [-0.2, 0) is 0 Å². The van der Waals surface area contributed by atoms with Crippen molar-refractivity contribution in [2.24, 2.45) is 5.41 Å². The van der Waals surface area contributed by atoms with Crippen LogP contribution in [0.3, 0.4) is 0 Å². The topological polar surface area (TPSA) is 88.1 Å². The highest BCUT2D eigenvalue weighted by Gasteiger charge is 2.44. The van der Waals surface area contributed by atoms with E-state index in [9.17, 15) is 13.2 Å². The minimum atomic E-state index is -4.78. The molecule has 0 saturated carbocycles. The quantitative estimate of drug-likeness (QED) is 0.599. The monoisotopic (exact) mass is 457 g/mol. The number of aromatic nitrogens is 4. The Morgan fingerprint density at radius 3 is 2.58 bits per heavy atom. The second-order valence-corrected chi connectivity index (χ2v) is 8.33. The zero-order valence-corrected chi connectivity index (χ0v) is 17.6. The van der Waals surface area contributed by atoms with Gasteiger partial charge in [0.05, 0.1) is 0 Å². The van der Waals surface area contributed by atoms with E-state index in [1.807, 2.05) is 6.07 Å². The summed E-state index contributed by atoms with van der Waals surface area (Å²) in [5.74, 6) is 1.45. The normalized spacial score (nSPS) is 17.5. The molecule has 0 bridgehead atoms. The molecule has 5 heterocycles. The number of nitrogens with zero attached hydrogens (tertiary/aromatic N) is 5. The van der Waals surface area contributed by atoms with Crippen molar-refractivity contribution in [1.29, 1.82) is 0 Å². The molecule has 3 aromatic heterocycles. The molecule has 8 nitrogen and oxygen atoms in total. The average molecular weight is 457 g/mol. The van der Waals surface area contributed by atoms with Crippen LogP contribution < -0.4 is 20.3 Å². The van der Waals surface area contributed by atoms with Gasteiger partial charge in [0.1, 0.15) is 23.2 Å². The van der Waals surface area contributed by atoms with Crippen LogP contribution in [0.5, 0.6) is 5.75 Å². The van der Waals surface area contributed by atoms with E-state index in [0.29, 0.717) is 17.1 Å². The number of nitrogens with one attached hydrogen (secondary N) is 2. The van der Waals surface area contributed by atoms with E-state index in [2.05, 4.69) is 35.2 Å². The molecule has 172 valence electrons. The zero-order valence-electron chi connectivity index (χ0n) is 17.6. The van der Waals surface area contributed by atoms with Gasteiger partial charge in [0.15, 0.2) is 5.82 Å². The molecule has 0 amide bonds. The summed E-state index contributed by atoms with van der Waals surface area (Å²) in [6, 6.07) is 7.76. The molecule has 0 aromatic carbocycles. The van der Waals surface area contributed by atoms with Gasteiger partial charge in [-0.15, -0.1) is 13.2 Å². The molecule has 0 aliphatic carbocycles. The highest BCUT2D eigenvalue weighted by Crippen LogP contribution is 2.41. The molecule has 0 atom stereocenters. The fraction of sp³-hybridized carbons (Fsp3) is 0.364. The minimum absolute atomic E-state index is 0.178. The van der Waals surface area contributed by atoms with Gasteiger partial charge >= 0.3 is 6.36 Å². The van der Waals surface area contributed by atoms with Gasteiger partial charge in [-0.05, 0) is 44.1 Å². The van der Waals surface area contributed by atoms with Crippen LogP contribution in [0.15, 0.2) is 48.9 Å². The lowest BCUT2D eigenvalue weighted by atomic mass is 9.72. The van der Waals surface area contributed by atoms with Crippen molar-refractivity contribution in [2.45, 2.75) is 19.2 Å². The van der Waals surface area contributed by atoms with E-state index in [0.717, 1.165) is 56.5 Å². The Hall–Kier alpha value is -3.47. The van der Waals surface area contributed by atoms with Gasteiger partial charge < -0.3 is 20.3 Å². The van der Waals surface area contributed by atoms with Gasteiger partial charge in [-0.25, -0.2) is 15.0 Å². The Balaban J connectivity index is 1.42. The van der Waals surface area contributed by atoms with Gasteiger partial charge in [0, 0.05) is 54.8 Å². The number of ether oxygens (including phenoxy) is 1. The fourth-order valence-corrected chi connectivity index (χ4v) is 4.29. The van der Waals surface area contributed by atoms with Gasteiger partial charge in [-0.3, -0.25) is 4.98 Å². The third-order valence-electron chi connectivity index (χ3n) is 5.89. The van der Waals surface area contributed by atoms with Crippen molar-refractivity contribution in [1.82, 2.24) is 25.3 Å². The van der Waals surface area contributed by atoms with Crippen molar-refractivity contribution in [3.05, 3.63) is 48.9 Å². The average Bonchev–Trinajstić information content (AvgIpc) is 2.77. The molecular formula is C22H22F3N7O. The van der Waals surface area contributed by atoms with E-state index >= 15 is 0 Å². The maximum atomic E-state index is 12.6. The van der Waals surface area contributed by atoms with Crippen molar-refractivity contribution >= 4 is 17.5 Å². The SMILES string of the molecule is FC(F)(F)Oc1ccnc(Nc2cc(N3CC4(CCNCC4)C3)nc(-c3cccnc3)n2)c1. The number of anilines is 3. The van der Waals surface area contributed by atoms with Crippen molar-refractivity contribution in [3.8, 4) is 17.1 Å². The Bertz CT molecular complexity index is 1110. The van der Waals surface area contributed by atoms with Crippen LogP contribution >= 0.6 is 0 Å². The lowest BCUT2D eigenvalue weighted by Gasteiger charge is -2.53. The summed E-state index contributed by atoms with van der Waals surface area (Å²) >= 11 is 0. The zero-order chi connectivity index (χ0) is 22.9. The summed E-state index contributed by atoms with van der Waals surface area (Å²) in [6.45, 7) is 3.86. The summed E-state index contributed by atoms with van der Waals surface area (Å²) in [5, 5.41) is 6.39. The first-order chi connectivity index (χ1) is 15.9. The Morgan fingerprint density at radius 2 is 1.85 bits per heavy atom. The van der Waals surface area contributed by atoms with E-state index < -0.39 is 6.36 Å². The Labute approximate surface area is 188 Å². The van der Waals surface area contributed by atoms with Crippen molar-refractivity contribution < 1.29 is 17.9 Å². The van der Waals surface area contributed by atoms with Crippen LogP contribution in [0.2, 0.25) is 0 Å². The van der Waals surface area contributed by atoms with E-state index in [1.165, 1.54) is 12.3 Å². The summed E-state index contributed by atoms with van der Waals surface area (Å²) in [4.78, 5) is 19.7. The van der Waals surface area contributed by atoms with Crippen molar-refractivity contribution in [2.75, 3.05) is 36.4 Å². The lowest BCUT2D eigenvalue weighted by Crippen LogP contribution is -2.60. The maximum absolute atomic E-state index is 12.6. The van der Waals surface area contributed by atoms with E-state index in [4.69, 9.17) is 4.98 Å². The van der Waals surface area contributed by atoms with Crippen LogP contribution in [0.25, 0.3) is 11.4 Å². The third kappa shape index (κ3) is 4.98. The van der Waals surface area contributed by atoms with Gasteiger partial charge in [-0.1, -0.05) is 0 Å². The molecule has 3 aromatic rings. The molecule has 5 rings (SSSR count). The first-order valence-corrected chi connectivity index (χ1v) is 10.6. The first kappa shape index (κ1) is 21.4. The molecule has 2 saturated heterocycles. The highest BCUT2D eigenvalue weighted by atomic mass is 19.4. The summed E-state index contributed by atoms with van der Waals surface area (Å²) in [5.41, 5.74) is 1.05. The molecule has 2 N–H and O–H groups in total. The maximum Gasteiger partial charge on any atom is 0.573 e. The third-order valence-corrected chi connectivity index (χ3v) is 5.89. The Kier molecular flexibility index (Phi) is 5.49. The number of halogens is 3. The highest BCUT2D eigenvalue weighted by molar-refractivity contribution is 5.65. The predicted octanol–water partition coefficient (Wildman–Crippen LogP) is 3.77. The van der Waals surface area contributed by atoms with Gasteiger partial charge in [0.2, 0.25) is 0 Å². The minimum Gasteiger partial charge on any atom is -0.406 e. The number of hydrogen-bond donors (Lipinski definition) is 2. The molecule has 2 fully saturated rings. The molecular weight excluding hydrogens is 435 g/mol. The second kappa shape index (κ2) is 8.47. The van der Waals surface area contributed by atoms with E-state index in [-0.39, 0.29) is 11.6 Å². The number of pyridine rings is 2. The molecule has 2 aliphatic heterocycles. The van der Waals surface area contributed by atoms with Gasteiger partial charge in [-0.2, -0.15) is 0 Å². The molecule has 33 heavy (non-hydrogen) atoms. The largest absolute Gasteiger partial charge is 0.573 e. The van der Waals surface area contributed by atoms with Crippen LogP contribution in [0, 0.1) is 5.41 Å². The molecule has 0 radical (unpaired) electrons. The number of rotatable bonds is 5. The lowest BCUT2D eigenvalue weighted by molar-refractivity contribution is -0.274. The second-order valence-electron chi connectivity index (χ2n) is 8.33. The number of hydrogen-bond acceptors (Lipinski definition) is 8. The molecule has 1 spiro atoms. The summed E-state index contributed by atoms with van der Waals surface area (Å²) in [7, 11) is 0. The molecule has 0 unspecified atom stereocenters.